The van der Waals surface area contributed by atoms with Crippen LogP contribution in [0.15, 0.2) is 84.9 Å². The van der Waals surface area contributed by atoms with Crippen LogP contribution >= 0.6 is 11.6 Å². The van der Waals surface area contributed by atoms with Crippen LogP contribution in [0.1, 0.15) is 11.1 Å². The molecular weight excluding hydrogens is 492 g/mol. The number of hydrogen-bond donors (Lipinski definition) is 1. The smallest absolute Gasteiger partial charge is 0.288 e. The topological polar surface area (TPSA) is 95.8 Å². The lowest BCUT2D eigenvalue weighted by molar-refractivity contribution is -0.384. The third kappa shape index (κ3) is 7.05. The van der Waals surface area contributed by atoms with Crippen molar-refractivity contribution in [3.63, 3.8) is 0 Å². The van der Waals surface area contributed by atoms with E-state index in [0.29, 0.717) is 37.4 Å². The Balaban J connectivity index is 1.27. The normalized spacial score (nSPS) is 13.8. The highest BCUT2D eigenvalue weighted by molar-refractivity contribution is 6.32. The largest absolute Gasteiger partial charge is 0.368 e. The van der Waals surface area contributed by atoms with Gasteiger partial charge in [-0.05, 0) is 53.6 Å². The van der Waals surface area contributed by atoms with Crippen LogP contribution in [-0.4, -0.2) is 47.8 Å². The molecule has 0 unspecified atom stereocenters. The second-order valence-electron chi connectivity index (χ2n) is 8.39. The highest BCUT2D eigenvalue weighted by Gasteiger charge is 2.20. The summed E-state index contributed by atoms with van der Waals surface area (Å²) in [6.45, 7) is 2.69. The zero-order valence-corrected chi connectivity index (χ0v) is 20.7. The van der Waals surface area contributed by atoms with Crippen LogP contribution < -0.4 is 10.2 Å². The highest BCUT2D eigenvalue weighted by atomic mass is 35.5. The Morgan fingerprint density at radius 1 is 0.865 bits per heavy atom. The van der Waals surface area contributed by atoms with Gasteiger partial charge in [0.1, 0.15) is 5.02 Å². The summed E-state index contributed by atoms with van der Waals surface area (Å²) < 4.78 is 0. The monoisotopic (exact) mass is 516 g/mol. The summed E-state index contributed by atoms with van der Waals surface area (Å²) in [5.41, 5.74) is 2.91. The van der Waals surface area contributed by atoms with E-state index in [-0.39, 0.29) is 22.5 Å². The maximum absolute atomic E-state index is 12.5. The minimum Gasteiger partial charge on any atom is -0.368 e. The van der Waals surface area contributed by atoms with Crippen molar-refractivity contribution in [2.24, 2.45) is 0 Å². The van der Waals surface area contributed by atoms with E-state index in [0.717, 1.165) is 11.3 Å². The number of carbonyl (C=O) groups is 2. The average molecular weight is 517 g/mol. The lowest BCUT2D eigenvalue weighted by Gasteiger charge is -2.35. The van der Waals surface area contributed by atoms with Gasteiger partial charge in [-0.2, -0.15) is 0 Å². The average Bonchev–Trinajstić information content (AvgIpc) is 2.92. The van der Waals surface area contributed by atoms with E-state index >= 15 is 0 Å². The van der Waals surface area contributed by atoms with Gasteiger partial charge in [0, 0.05) is 55.8 Å². The van der Waals surface area contributed by atoms with E-state index in [4.69, 9.17) is 11.6 Å². The van der Waals surface area contributed by atoms with Crippen LogP contribution in [0.3, 0.4) is 0 Å². The van der Waals surface area contributed by atoms with Gasteiger partial charge in [-0.3, -0.25) is 19.7 Å². The molecule has 1 aliphatic rings. The quantitative estimate of drug-likeness (QED) is 0.262. The van der Waals surface area contributed by atoms with Crippen molar-refractivity contribution in [2.75, 3.05) is 36.4 Å². The highest BCUT2D eigenvalue weighted by Crippen LogP contribution is 2.25. The van der Waals surface area contributed by atoms with Crippen LogP contribution in [0.5, 0.6) is 0 Å². The van der Waals surface area contributed by atoms with Crippen molar-refractivity contribution in [1.29, 1.82) is 0 Å². The van der Waals surface area contributed by atoms with Crippen molar-refractivity contribution in [1.82, 2.24) is 4.90 Å². The first kappa shape index (κ1) is 25.7. The Morgan fingerprint density at radius 3 is 2.22 bits per heavy atom. The molecule has 1 saturated heterocycles. The first-order valence-corrected chi connectivity index (χ1v) is 12.1. The van der Waals surface area contributed by atoms with Crippen LogP contribution in [0.2, 0.25) is 5.02 Å². The molecule has 0 saturated carbocycles. The Labute approximate surface area is 219 Å². The Kier molecular flexibility index (Phi) is 8.33. The Morgan fingerprint density at radius 2 is 1.54 bits per heavy atom. The molecule has 0 spiro atoms. The summed E-state index contributed by atoms with van der Waals surface area (Å²) in [7, 11) is 0. The first-order valence-electron chi connectivity index (χ1n) is 11.7. The van der Waals surface area contributed by atoms with Gasteiger partial charge in [-0.25, -0.2) is 0 Å². The van der Waals surface area contributed by atoms with E-state index in [2.05, 4.69) is 10.2 Å². The second-order valence-corrected chi connectivity index (χ2v) is 8.80. The molecule has 1 aliphatic heterocycles. The number of anilines is 2. The standard InChI is InChI=1S/C28H25ClN4O4/c29-25-13-6-22(20-26(25)33(36)37)7-14-27(34)30-23-9-11-24(12-10-23)31-16-18-32(19-17-31)28(35)15-8-21-4-2-1-3-5-21/h1-15,20H,16-19H2,(H,30,34)/b14-7+,15-8+. The van der Waals surface area contributed by atoms with Crippen LogP contribution in [0, 0.1) is 10.1 Å². The molecule has 4 rings (SSSR count). The Bertz CT molecular complexity index is 1330. The lowest BCUT2D eigenvalue weighted by Crippen LogP contribution is -2.48. The van der Waals surface area contributed by atoms with Gasteiger partial charge < -0.3 is 15.1 Å². The molecule has 0 bridgehead atoms. The van der Waals surface area contributed by atoms with Gasteiger partial charge in [0.25, 0.3) is 5.69 Å². The molecule has 0 radical (unpaired) electrons. The molecule has 1 heterocycles. The fourth-order valence-corrected chi connectivity index (χ4v) is 4.09. The van der Waals surface area contributed by atoms with E-state index in [1.54, 1.807) is 12.1 Å². The van der Waals surface area contributed by atoms with E-state index in [9.17, 15) is 19.7 Å². The number of piperazine rings is 1. The molecule has 3 aromatic rings. The predicted molar refractivity (Wildman–Crippen MR) is 146 cm³/mol. The molecule has 2 amide bonds. The zero-order chi connectivity index (χ0) is 26.2. The van der Waals surface area contributed by atoms with Crippen molar-refractivity contribution in [2.45, 2.75) is 0 Å². The Hall–Kier alpha value is -4.43. The van der Waals surface area contributed by atoms with Gasteiger partial charge in [0.05, 0.1) is 4.92 Å². The number of nitrogens with one attached hydrogen (secondary N) is 1. The third-order valence-corrected chi connectivity index (χ3v) is 6.22. The van der Waals surface area contributed by atoms with Crippen molar-refractivity contribution >= 4 is 52.6 Å². The van der Waals surface area contributed by atoms with Crippen LogP contribution in [0.25, 0.3) is 12.2 Å². The second kappa shape index (κ2) is 12.0. The number of benzene rings is 3. The molecule has 3 aromatic carbocycles. The number of halogens is 1. The molecule has 9 heteroatoms. The van der Waals surface area contributed by atoms with Crippen molar-refractivity contribution in [3.8, 4) is 0 Å². The minimum atomic E-state index is -0.567. The fourth-order valence-electron chi connectivity index (χ4n) is 3.91. The van der Waals surface area contributed by atoms with Gasteiger partial charge in [0.2, 0.25) is 11.8 Å². The minimum absolute atomic E-state index is 0.00261. The molecule has 0 aromatic heterocycles. The predicted octanol–water partition coefficient (Wildman–Crippen LogP) is 5.26. The number of nitro groups is 1. The molecule has 1 N–H and O–H groups in total. The summed E-state index contributed by atoms with van der Waals surface area (Å²) in [6, 6.07) is 21.5. The zero-order valence-electron chi connectivity index (χ0n) is 19.9. The van der Waals surface area contributed by atoms with Crippen molar-refractivity contribution in [3.05, 3.63) is 111 Å². The summed E-state index contributed by atoms with van der Waals surface area (Å²) in [5.74, 6) is -0.358. The summed E-state index contributed by atoms with van der Waals surface area (Å²) in [6.07, 6.45) is 6.24. The van der Waals surface area contributed by atoms with Crippen LogP contribution in [0.4, 0.5) is 17.1 Å². The lowest BCUT2D eigenvalue weighted by atomic mass is 10.2. The number of amides is 2. The maximum Gasteiger partial charge on any atom is 0.288 e. The van der Waals surface area contributed by atoms with E-state index < -0.39 is 4.92 Å². The number of nitrogens with zero attached hydrogens (tertiary/aromatic N) is 3. The number of carbonyl (C=O) groups excluding carboxylic acids is 2. The third-order valence-electron chi connectivity index (χ3n) is 5.90. The molecule has 37 heavy (non-hydrogen) atoms. The van der Waals surface area contributed by atoms with E-state index in [1.807, 2.05) is 65.6 Å². The number of hydrogen-bond acceptors (Lipinski definition) is 5. The van der Waals surface area contributed by atoms with Gasteiger partial charge in [0.15, 0.2) is 0 Å². The van der Waals surface area contributed by atoms with Gasteiger partial charge >= 0.3 is 0 Å². The fraction of sp³-hybridized carbons (Fsp3) is 0.143. The van der Waals surface area contributed by atoms with Crippen molar-refractivity contribution < 1.29 is 14.5 Å². The number of nitro benzene ring substituents is 1. The van der Waals surface area contributed by atoms with Crippen LogP contribution in [-0.2, 0) is 9.59 Å². The first-order chi connectivity index (χ1) is 17.9. The molecule has 188 valence electrons. The maximum atomic E-state index is 12.5. The molecule has 8 nitrogen and oxygen atoms in total. The summed E-state index contributed by atoms with van der Waals surface area (Å²) >= 11 is 5.82. The summed E-state index contributed by atoms with van der Waals surface area (Å²) in [5, 5.41) is 13.8. The van der Waals surface area contributed by atoms with Gasteiger partial charge in [-0.1, -0.05) is 48.0 Å². The molecule has 0 aliphatic carbocycles. The van der Waals surface area contributed by atoms with E-state index in [1.165, 1.54) is 24.3 Å². The SMILES string of the molecule is O=C(/C=C/c1ccc(Cl)c([N+](=O)[O-])c1)Nc1ccc(N2CCN(C(=O)/C=C/c3ccccc3)CC2)cc1. The molecular formula is C28H25ClN4O4. The molecule has 1 fully saturated rings. The van der Waals surface area contributed by atoms with Gasteiger partial charge in [-0.15, -0.1) is 0 Å². The molecule has 0 atom stereocenters. The summed E-state index contributed by atoms with van der Waals surface area (Å²) in [4.78, 5) is 39.3. The number of rotatable bonds is 7.